The first-order chi connectivity index (χ1) is 12.4. The molecule has 2 amide bonds. The van der Waals surface area contributed by atoms with Crippen molar-refractivity contribution in [3.63, 3.8) is 0 Å². The van der Waals surface area contributed by atoms with Crippen molar-refractivity contribution in [2.24, 2.45) is 0 Å². The number of aryl methyl sites for hydroxylation is 1. The van der Waals surface area contributed by atoms with Crippen molar-refractivity contribution >= 4 is 35.0 Å². The molecule has 0 heterocycles. The van der Waals surface area contributed by atoms with Crippen LogP contribution in [0.5, 0.6) is 5.75 Å². The van der Waals surface area contributed by atoms with E-state index in [-0.39, 0.29) is 17.1 Å². The molecule has 5 nitrogen and oxygen atoms in total. The molecule has 0 bridgehead atoms. The molecule has 2 N–H and O–H groups in total. The van der Waals surface area contributed by atoms with Crippen LogP contribution in [0.3, 0.4) is 0 Å². The van der Waals surface area contributed by atoms with Crippen molar-refractivity contribution in [1.29, 1.82) is 0 Å². The summed E-state index contributed by atoms with van der Waals surface area (Å²) in [6.07, 6.45) is 0.408. The van der Waals surface area contributed by atoms with Gasteiger partial charge in [0.05, 0.1) is 12.4 Å². The highest BCUT2D eigenvalue weighted by Gasteiger charge is 2.16. The Hall–Kier alpha value is -2.47. The van der Waals surface area contributed by atoms with Crippen LogP contribution in [0.15, 0.2) is 47.4 Å². The van der Waals surface area contributed by atoms with Crippen LogP contribution < -0.4 is 15.4 Å². The molecule has 0 saturated carbocycles. The number of rotatable bonds is 7. The second-order valence-corrected chi connectivity index (χ2v) is 7.27. The first-order valence-corrected chi connectivity index (χ1v) is 9.33. The molecule has 6 heteroatoms. The van der Waals surface area contributed by atoms with Gasteiger partial charge in [-0.15, -0.1) is 11.8 Å². The van der Waals surface area contributed by atoms with Gasteiger partial charge in [0.15, 0.2) is 0 Å². The monoisotopic (exact) mass is 372 g/mol. The van der Waals surface area contributed by atoms with Crippen LogP contribution in [0.25, 0.3) is 0 Å². The minimum absolute atomic E-state index is 0.0606. The van der Waals surface area contributed by atoms with Gasteiger partial charge in [0.2, 0.25) is 11.8 Å². The lowest BCUT2D eigenvalue weighted by molar-refractivity contribution is -0.116. The topological polar surface area (TPSA) is 67.4 Å². The van der Waals surface area contributed by atoms with Gasteiger partial charge < -0.3 is 15.4 Å². The highest BCUT2D eigenvalue weighted by molar-refractivity contribution is 8.00. The van der Waals surface area contributed by atoms with Crippen LogP contribution in [0.4, 0.5) is 11.4 Å². The molecule has 2 aromatic carbocycles. The quantitative estimate of drug-likeness (QED) is 0.704. The molecular formula is C20H24N2O3S. The van der Waals surface area contributed by atoms with E-state index in [0.29, 0.717) is 17.8 Å². The third-order valence-corrected chi connectivity index (χ3v) is 4.95. The molecule has 0 saturated heterocycles. The summed E-state index contributed by atoms with van der Waals surface area (Å²) >= 11 is 1.48. The van der Waals surface area contributed by atoms with Crippen molar-refractivity contribution in [3.8, 4) is 5.75 Å². The zero-order chi connectivity index (χ0) is 19.1. The Bertz CT molecular complexity index is 775. The Kier molecular flexibility index (Phi) is 7.09. The van der Waals surface area contributed by atoms with E-state index in [1.165, 1.54) is 11.8 Å². The van der Waals surface area contributed by atoms with Crippen molar-refractivity contribution in [3.05, 3.63) is 48.0 Å². The molecule has 0 spiro atoms. The Morgan fingerprint density at radius 2 is 1.81 bits per heavy atom. The van der Waals surface area contributed by atoms with Crippen LogP contribution in [0.1, 0.15) is 25.8 Å². The lowest BCUT2D eigenvalue weighted by Crippen LogP contribution is -2.23. The Morgan fingerprint density at radius 1 is 1.12 bits per heavy atom. The zero-order valence-corrected chi connectivity index (χ0v) is 16.3. The van der Waals surface area contributed by atoms with Gasteiger partial charge >= 0.3 is 0 Å². The maximum Gasteiger partial charge on any atom is 0.237 e. The summed E-state index contributed by atoms with van der Waals surface area (Å²) in [7, 11) is 1.62. The third kappa shape index (κ3) is 5.52. The predicted octanol–water partition coefficient (Wildman–Crippen LogP) is 4.47. The third-order valence-electron chi connectivity index (χ3n) is 3.84. The number of hydrogen-bond acceptors (Lipinski definition) is 4. The number of carbonyl (C=O) groups excluding carboxylic acids is 2. The summed E-state index contributed by atoms with van der Waals surface area (Å²) in [6.45, 7) is 5.58. The van der Waals surface area contributed by atoms with Crippen LogP contribution in [-0.2, 0) is 9.59 Å². The first kappa shape index (κ1) is 19.8. The molecule has 1 atom stereocenters. The van der Waals surface area contributed by atoms with Crippen molar-refractivity contribution in [2.75, 3.05) is 17.7 Å². The summed E-state index contributed by atoms with van der Waals surface area (Å²) in [5, 5.41) is 5.49. The fourth-order valence-electron chi connectivity index (χ4n) is 2.23. The summed E-state index contributed by atoms with van der Waals surface area (Å²) in [6, 6.07) is 13.1. The van der Waals surface area contributed by atoms with Crippen LogP contribution in [0.2, 0.25) is 0 Å². The largest absolute Gasteiger partial charge is 0.497 e. The second kappa shape index (κ2) is 9.29. The van der Waals surface area contributed by atoms with Crippen molar-refractivity contribution in [1.82, 2.24) is 0 Å². The number of hydrogen-bond donors (Lipinski definition) is 2. The predicted molar refractivity (Wildman–Crippen MR) is 107 cm³/mol. The number of ether oxygens (including phenoxy) is 1. The van der Waals surface area contributed by atoms with Gasteiger partial charge in [-0.3, -0.25) is 9.59 Å². The van der Waals surface area contributed by atoms with Crippen molar-refractivity contribution in [2.45, 2.75) is 37.3 Å². The molecule has 138 valence electrons. The molecule has 2 rings (SSSR count). The second-order valence-electron chi connectivity index (χ2n) is 5.86. The van der Waals surface area contributed by atoms with E-state index in [1.807, 2.05) is 50.2 Å². The number of anilines is 2. The number of nitrogens with one attached hydrogen (secondary N) is 2. The van der Waals surface area contributed by atoms with Crippen molar-refractivity contribution < 1.29 is 14.3 Å². The zero-order valence-electron chi connectivity index (χ0n) is 15.5. The van der Waals surface area contributed by atoms with E-state index < -0.39 is 0 Å². The molecule has 0 aliphatic carbocycles. The number of benzene rings is 2. The molecule has 0 radical (unpaired) electrons. The van der Waals surface area contributed by atoms with Crippen LogP contribution in [-0.4, -0.2) is 24.2 Å². The molecular weight excluding hydrogens is 348 g/mol. The summed E-state index contributed by atoms with van der Waals surface area (Å²) in [4.78, 5) is 25.1. The van der Waals surface area contributed by atoms with E-state index in [9.17, 15) is 9.59 Å². The van der Waals surface area contributed by atoms with Gasteiger partial charge in [0.25, 0.3) is 0 Å². The Balaban J connectivity index is 2.03. The van der Waals surface area contributed by atoms with Gasteiger partial charge in [-0.2, -0.15) is 0 Å². The highest BCUT2D eigenvalue weighted by atomic mass is 32.2. The minimum Gasteiger partial charge on any atom is -0.497 e. The average molecular weight is 372 g/mol. The number of amides is 2. The molecule has 2 aromatic rings. The van der Waals surface area contributed by atoms with Crippen LogP contribution >= 0.6 is 11.8 Å². The fraction of sp³-hybridized carbons (Fsp3) is 0.300. The molecule has 0 aliphatic rings. The lowest BCUT2D eigenvalue weighted by Gasteiger charge is -2.15. The summed E-state index contributed by atoms with van der Waals surface area (Å²) in [5.74, 6) is 0.635. The molecule has 26 heavy (non-hydrogen) atoms. The normalized spacial score (nSPS) is 11.5. The van der Waals surface area contributed by atoms with Gasteiger partial charge in [0, 0.05) is 22.7 Å². The standard InChI is InChI=1S/C20H24N2O3S/c1-5-19(23)21-15-7-6-13(2)18(12-15)22-20(24)14(3)26-17-10-8-16(25-4)9-11-17/h6-12,14H,5H2,1-4H3,(H,21,23)(H,22,24). The molecule has 0 aromatic heterocycles. The summed E-state index contributed by atoms with van der Waals surface area (Å²) < 4.78 is 5.14. The van der Waals surface area contributed by atoms with E-state index in [4.69, 9.17) is 4.74 Å². The Morgan fingerprint density at radius 3 is 2.42 bits per heavy atom. The van der Waals surface area contributed by atoms with Crippen LogP contribution in [0, 0.1) is 6.92 Å². The number of methoxy groups -OCH3 is 1. The van der Waals surface area contributed by atoms with Gasteiger partial charge in [-0.05, 0) is 55.8 Å². The molecule has 0 aliphatic heterocycles. The maximum atomic E-state index is 12.5. The lowest BCUT2D eigenvalue weighted by atomic mass is 10.1. The van der Waals surface area contributed by atoms with E-state index in [0.717, 1.165) is 16.2 Å². The van der Waals surface area contributed by atoms with Gasteiger partial charge in [-0.25, -0.2) is 0 Å². The highest BCUT2D eigenvalue weighted by Crippen LogP contribution is 2.27. The van der Waals surface area contributed by atoms with E-state index in [1.54, 1.807) is 20.1 Å². The smallest absolute Gasteiger partial charge is 0.237 e. The fourth-order valence-corrected chi connectivity index (χ4v) is 3.10. The van der Waals surface area contributed by atoms with Gasteiger partial charge in [-0.1, -0.05) is 13.0 Å². The van der Waals surface area contributed by atoms with E-state index >= 15 is 0 Å². The maximum absolute atomic E-state index is 12.5. The first-order valence-electron chi connectivity index (χ1n) is 8.45. The van der Waals surface area contributed by atoms with Gasteiger partial charge in [0.1, 0.15) is 5.75 Å². The number of thioether (sulfide) groups is 1. The number of carbonyl (C=O) groups is 2. The summed E-state index contributed by atoms with van der Waals surface area (Å²) in [5.41, 5.74) is 2.31. The SMILES string of the molecule is CCC(=O)Nc1ccc(C)c(NC(=O)C(C)Sc2ccc(OC)cc2)c1. The molecule has 1 unspecified atom stereocenters. The Labute approximate surface area is 158 Å². The minimum atomic E-state index is -0.267. The average Bonchev–Trinajstić information content (AvgIpc) is 2.64. The van der Waals surface area contributed by atoms with E-state index in [2.05, 4.69) is 10.6 Å². The molecule has 0 fully saturated rings.